The number of halogens is 1. The van der Waals surface area contributed by atoms with E-state index in [2.05, 4.69) is 19.7 Å². The molecule has 0 amide bonds. The van der Waals surface area contributed by atoms with Gasteiger partial charge in [-0.15, -0.1) is 6.58 Å². The molecule has 1 nitrogen and oxygen atoms in total. The van der Waals surface area contributed by atoms with Crippen LogP contribution in [0.1, 0.15) is 5.56 Å². The normalized spacial score (nSPS) is 11.4. The van der Waals surface area contributed by atoms with E-state index >= 15 is 0 Å². The Kier molecular flexibility index (Phi) is 4.58. The van der Waals surface area contributed by atoms with Gasteiger partial charge < -0.3 is 4.43 Å². The fourth-order valence-corrected chi connectivity index (χ4v) is 2.76. The molecule has 1 rings (SSSR count). The molecule has 0 fully saturated rings. The molecule has 0 aliphatic rings. The first-order valence-corrected chi connectivity index (χ1v) is 8.52. The van der Waals surface area contributed by atoms with Crippen LogP contribution in [0.5, 0.6) is 0 Å². The van der Waals surface area contributed by atoms with Gasteiger partial charge >= 0.3 is 0 Å². The fourth-order valence-electron chi connectivity index (χ4n) is 1.27. The van der Waals surface area contributed by atoms with Gasteiger partial charge in [-0.2, -0.15) is 0 Å². The molecule has 0 aliphatic carbocycles. The second-order valence-corrected chi connectivity index (χ2v) is 8.82. The highest BCUT2D eigenvalue weighted by Crippen LogP contribution is 2.16. The van der Waals surface area contributed by atoms with E-state index < -0.39 is 8.32 Å². The quantitative estimate of drug-likeness (QED) is 0.552. The molecular formula is C12H17ClOSi. The van der Waals surface area contributed by atoms with Crippen LogP contribution in [0, 0.1) is 0 Å². The van der Waals surface area contributed by atoms with Crippen molar-refractivity contribution in [3.05, 3.63) is 47.5 Å². The van der Waals surface area contributed by atoms with Crippen LogP contribution in [0.4, 0.5) is 0 Å². The summed E-state index contributed by atoms with van der Waals surface area (Å²) in [6.45, 7) is 8.82. The molecule has 0 N–H and O–H groups in total. The van der Waals surface area contributed by atoms with Gasteiger partial charge in [0, 0.05) is 5.02 Å². The zero-order chi connectivity index (χ0) is 11.3. The zero-order valence-electron chi connectivity index (χ0n) is 9.29. The number of rotatable bonds is 5. The molecule has 0 unspecified atom stereocenters. The van der Waals surface area contributed by atoms with Gasteiger partial charge in [0.25, 0.3) is 0 Å². The van der Waals surface area contributed by atoms with Gasteiger partial charge in [0.2, 0.25) is 0 Å². The molecule has 82 valence electrons. The predicted molar refractivity (Wildman–Crippen MR) is 68.7 cm³/mol. The smallest absolute Gasteiger partial charge is 0.190 e. The maximum Gasteiger partial charge on any atom is 0.190 e. The van der Waals surface area contributed by atoms with Crippen LogP contribution in [0.15, 0.2) is 36.9 Å². The summed E-state index contributed by atoms with van der Waals surface area (Å²) >= 11 is 5.81. The van der Waals surface area contributed by atoms with Crippen LogP contribution in [0.3, 0.4) is 0 Å². The molecule has 1 aromatic carbocycles. The van der Waals surface area contributed by atoms with Crippen molar-refractivity contribution in [1.29, 1.82) is 0 Å². The molecule has 15 heavy (non-hydrogen) atoms. The average molecular weight is 241 g/mol. The van der Waals surface area contributed by atoms with Crippen LogP contribution in [0.25, 0.3) is 0 Å². The van der Waals surface area contributed by atoms with Crippen molar-refractivity contribution in [2.45, 2.75) is 25.7 Å². The lowest BCUT2D eigenvalue weighted by atomic mass is 10.2. The number of hydrogen-bond acceptors (Lipinski definition) is 1. The molecule has 0 radical (unpaired) electrons. The highest BCUT2D eigenvalue weighted by atomic mass is 35.5. The summed E-state index contributed by atoms with van der Waals surface area (Å²) in [6.07, 6.45) is 1.94. The van der Waals surface area contributed by atoms with E-state index in [-0.39, 0.29) is 0 Å². The van der Waals surface area contributed by atoms with E-state index in [1.165, 1.54) is 5.56 Å². The summed E-state index contributed by atoms with van der Waals surface area (Å²) in [6, 6.07) is 8.77. The minimum Gasteiger partial charge on any atom is -0.413 e. The van der Waals surface area contributed by atoms with Crippen molar-refractivity contribution >= 4 is 19.9 Å². The Morgan fingerprint density at radius 1 is 1.33 bits per heavy atom. The maximum absolute atomic E-state index is 5.92. The molecular weight excluding hydrogens is 224 g/mol. The summed E-state index contributed by atoms with van der Waals surface area (Å²) in [7, 11) is -1.55. The second kappa shape index (κ2) is 5.49. The Bertz CT molecular complexity index is 319. The van der Waals surface area contributed by atoms with Crippen LogP contribution in [-0.4, -0.2) is 8.32 Å². The minimum atomic E-state index is -1.55. The van der Waals surface area contributed by atoms with Crippen molar-refractivity contribution in [2.75, 3.05) is 0 Å². The SMILES string of the molecule is C=CC[Si](C)(C)OCc1ccc(Cl)cc1. The van der Waals surface area contributed by atoms with E-state index in [1.807, 2.05) is 30.3 Å². The Morgan fingerprint density at radius 2 is 1.93 bits per heavy atom. The monoisotopic (exact) mass is 240 g/mol. The van der Waals surface area contributed by atoms with E-state index in [1.54, 1.807) is 0 Å². The molecule has 0 atom stereocenters. The highest BCUT2D eigenvalue weighted by Gasteiger charge is 2.19. The van der Waals surface area contributed by atoms with Gasteiger partial charge in [-0.3, -0.25) is 0 Å². The molecule has 0 saturated heterocycles. The fraction of sp³-hybridized carbons (Fsp3) is 0.333. The maximum atomic E-state index is 5.92. The first kappa shape index (κ1) is 12.5. The minimum absolute atomic E-state index is 0.671. The summed E-state index contributed by atoms with van der Waals surface area (Å²) in [5.41, 5.74) is 1.17. The summed E-state index contributed by atoms with van der Waals surface area (Å²) in [5, 5.41) is 0.765. The Morgan fingerprint density at radius 3 is 2.47 bits per heavy atom. The zero-order valence-corrected chi connectivity index (χ0v) is 11.1. The third-order valence-electron chi connectivity index (χ3n) is 2.18. The molecule has 0 aromatic heterocycles. The topological polar surface area (TPSA) is 9.23 Å². The van der Waals surface area contributed by atoms with Gasteiger partial charge in [-0.1, -0.05) is 29.8 Å². The third kappa shape index (κ3) is 4.65. The molecule has 0 saturated carbocycles. The lowest BCUT2D eigenvalue weighted by Gasteiger charge is -2.21. The summed E-state index contributed by atoms with van der Waals surface area (Å²) < 4.78 is 5.92. The Hall–Kier alpha value is -0.573. The van der Waals surface area contributed by atoms with E-state index in [4.69, 9.17) is 16.0 Å². The molecule has 0 heterocycles. The summed E-state index contributed by atoms with van der Waals surface area (Å²) in [4.78, 5) is 0. The van der Waals surface area contributed by atoms with Gasteiger partial charge in [0.1, 0.15) is 0 Å². The van der Waals surface area contributed by atoms with Crippen molar-refractivity contribution in [1.82, 2.24) is 0 Å². The standard InChI is InChI=1S/C12H17ClOSi/c1-4-9-15(2,3)14-10-11-5-7-12(13)8-6-11/h4-8H,1,9-10H2,2-3H3. The highest BCUT2D eigenvalue weighted by molar-refractivity contribution is 6.71. The van der Waals surface area contributed by atoms with Crippen molar-refractivity contribution in [2.24, 2.45) is 0 Å². The summed E-state index contributed by atoms with van der Waals surface area (Å²) in [5.74, 6) is 0. The number of hydrogen-bond donors (Lipinski definition) is 0. The first-order chi connectivity index (χ1) is 7.03. The van der Waals surface area contributed by atoms with E-state index in [0.717, 1.165) is 11.1 Å². The van der Waals surface area contributed by atoms with Crippen LogP contribution < -0.4 is 0 Å². The van der Waals surface area contributed by atoms with Crippen LogP contribution >= 0.6 is 11.6 Å². The Balaban J connectivity index is 2.49. The lowest BCUT2D eigenvalue weighted by molar-refractivity contribution is 0.297. The van der Waals surface area contributed by atoms with Crippen molar-refractivity contribution in [3.63, 3.8) is 0 Å². The Labute approximate surface area is 97.9 Å². The molecule has 0 aliphatic heterocycles. The van der Waals surface area contributed by atoms with Crippen molar-refractivity contribution in [3.8, 4) is 0 Å². The van der Waals surface area contributed by atoms with Crippen LogP contribution in [-0.2, 0) is 11.0 Å². The van der Waals surface area contributed by atoms with Gasteiger partial charge in [-0.05, 0) is 36.8 Å². The molecule has 0 bridgehead atoms. The molecule has 1 aromatic rings. The number of benzene rings is 1. The second-order valence-electron chi connectivity index (χ2n) is 4.17. The van der Waals surface area contributed by atoms with Crippen LogP contribution in [0.2, 0.25) is 24.2 Å². The van der Waals surface area contributed by atoms with Crippen molar-refractivity contribution < 1.29 is 4.43 Å². The average Bonchev–Trinajstić information content (AvgIpc) is 2.17. The van der Waals surface area contributed by atoms with Gasteiger partial charge in [-0.25, -0.2) is 0 Å². The predicted octanol–water partition coefficient (Wildman–Crippen LogP) is 4.25. The molecule has 3 heteroatoms. The third-order valence-corrected chi connectivity index (χ3v) is 4.63. The number of allylic oxidation sites excluding steroid dienone is 1. The lowest BCUT2D eigenvalue weighted by Crippen LogP contribution is -2.28. The first-order valence-electron chi connectivity index (χ1n) is 5.03. The largest absolute Gasteiger partial charge is 0.413 e. The van der Waals surface area contributed by atoms with Gasteiger partial charge in [0.05, 0.1) is 6.61 Å². The van der Waals surface area contributed by atoms with Gasteiger partial charge in [0.15, 0.2) is 8.32 Å². The van der Waals surface area contributed by atoms with E-state index in [9.17, 15) is 0 Å². The van der Waals surface area contributed by atoms with E-state index in [0.29, 0.717) is 6.61 Å². The molecule has 0 spiro atoms.